The van der Waals surface area contributed by atoms with E-state index in [2.05, 4.69) is 44.4 Å². The summed E-state index contributed by atoms with van der Waals surface area (Å²) in [7, 11) is 0. The van der Waals surface area contributed by atoms with E-state index in [1.54, 1.807) is 17.4 Å². The third kappa shape index (κ3) is 4.75. The van der Waals surface area contributed by atoms with Crippen molar-refractivity contribution in [2.45, 2.75) is 12.8 Å². The first-order chi connectivity index (χ1) is 14.7. The highest BCUT2D eigenvalue weighted by Gasteiger charge is 2.07. The van der Waals surface area contributed by atoms with E-state index in [4.69, 9.17) is 0 Å². The number of carbonyl (C=O) groups excluding carboxylic acids is 1. The van der Waals surface area contributed by atoms with Gasteiger partial charge >= 0.3 is 0 Å². The molecule has 2 aromatic heterocycles. The van der Waals surface area contributed by atoms with Gasteiger partial charge in [0.15, 0.2) is 5.82 Å². The molecule has 2 aromatic carbocycles. The summed E-state index contributed by atoms with van der Waals surface area (Å²) in [6, 6.07) is 17.5. The number of carbonyl (C=O) groups is 1. The molecule has 0 bridgehead atoms. The van der Waals surface area contributed by atoms with Crippen molar-refractivity contribution in [2.24, 2.45) is 0 Å². The highest BCUT2D eigenvalue weighted by atomic mass is 32.1. The first-order valence-electron chi connectivity index (χ1n) is 9.80. The fourth-order valence-electron chi connectivity index (χ4n) is 3.31. The standard InChI is InChI=1S/C23H22N4O2S/c28-21(14-16-5-3-6-17(13-16)18-9-12-30-15-18)24-10-4-11-25-22-19-7-1-2-8-20(19)23(29)27-26-22/h1-3,5-9,12-13,15H,4,10-11,14H2,(H,24,28)(H,25,26)(H,27,29). The first kappa shape index (κ1) is 19.8. The monoisotopic (exact) mass is 418 g/mol. The number of H-pyrrole nitrogens is 1. The average molecular weight is 419 g/mol. The van der Waals surface area contributed by atoms with Crippen molar-refractivity contribution in [1.82, 2.24) is 15.5 Å². The number of nitrogens with one attached hydrogen (secondary N) is 3. The Bertz CT molecular complexity index is 1200. The first-order valence-corrected chi connectivity index (χ1v) is 10.7. The molecule has 0 fully saturated rings. The number of aromatic amines is 1. The van der Waals surface area contributed by atoms with Crippen LogP contribution in [-0.4, -0.2) is 29.2 Å². The van der Waals surface area contributed by atoms with Gasteiger partial charge in [-0.15, -0.1) is 0 Å². The predicted molar refractivity (Wildman–Crippen MR) is 122 cm³/mol. The van der Waals surface area contributed by atoms with E-state index in [9.17, 15) is 9.59 Å². The largest absolute Gasteiger partial charge is 0.368 e. The predicted octanol–water partition coefficient (Wildman–Crippen LogP) is 3.81. The molecule has 0 saturated carbocycles. The van der Waals surface area contributed by atoms with Crippen molar-refractivity contribution < 1.29 is 4.79 Å². The summed E-state index contributed by atoms with van der Waals surface area (Å²) in [6.07, 6.45) is 1.10. The molecule has 4 aromatic rings. The zero-order valence-electron chi connectivity index (χ0n) is 16.4. The number of thiophene rings is 1. The van der Waals surface area contributed by atoms with E-state index >= 15 is 0 Å². The molecule has 0 unspecified atom stereocenters. The average Bonchev–Trinajstić information content (AvgIpc) is 3.30. The van der Waals surface area contributed by atoms with Crippen molar-refractivity contribution in [3.8, 4) is 11.1 Å². The molecule has 0 radical (unpaired) electrons. The molecule has 0 aliphatic heterocycles. The molecule has 0 atom stereocenters. The van der Waals surface area contributed by atoms with Crippen LogP contribution in [0.15, 0.2) is 70.2 Å². The molecule has 2 heterocycles. The minimum Gasteiger partial charge on any atom is -0.368 e. The summed E-state index contributed by atoms with van der Waals surface area (Å²) >= 11 is 1.66. The van der Waals surface area contributed by atoms with Crippen molar-refractivity contribution in [3.63, 3.8) is 0 Å². The molecule has 0 saturated heterocycles. The Kier molecular flexibility index (Phi) is 6.20. The number of nitrogens with zero attached hydrogens (tertiary/aromatic N) is 1. The summed E-state index contributed by atoms with van der Waals surface area (Å²) in [6.45, 7) is 1.20. The molecular weight excluding hydrogens is 396 g/mol. The van der Waals surface area contributed by atoms with Crippen LogP contribution < -0.4 is 16.2 Å². The molecular formula is C23H22N4O2S. The number of hydrogen-bond donors (Lipinski definition) is 3. The van der Waals surface area contributed by atoms with Gasteiger partial charge < -0.3 is 10.6 Å². The molecule has 4 rings (SSSR count). The smallest absolute Gasteiger partial charge is 0.272 e. The Morgan fingerprint density at radius 2 is 1.87 bits per heavy atom. The lowest BCUT2D eigenvalue weighted by Crippen LogP contribution is -2.27. The maximum Gasteiger partial charge on any atom is 0.272 e. The van der Waals surface area contributed by atoms with Crippen molar-refractivity contribution in [1.29, 1.82) is 0 Å². The Morgan fingerprint density at radius 3 is 2.70 bits per heavy atom. The minimum absolute atomic E-state index is 0.00471. The zero-order valence-corrected chi connectivity index (χ0v) is 17.2. The van der Waals surface area contributed by atoms with Gasteiger partial charge in [0, 0.05) is 18.5 Å². The summed E-state index contributed by atoms with van der Waals surface area (Å²) < 4.78 is 0. The summed E-state index contributed by atoms with van der Waals surface area (Å²) in [4.78, 5) is 24.1. The zero-order chi connectivity index (χ0) is 20.8. The molecule has 7 heteroatoms. The topological polar surface area (TPSA) is 86.9 Å². The lowest BCUT2D eigenvalue weighted by atomic mass is 10.0. The lowest BCUT2D eigenvalue weighted by molar-refractivity contribution is -0.120. The fraction of sp³-hybridized carbons (Fsp3) is 0.174. The second-order valence-electron chi connectivity index (χ2n) is 6.97. The van der Waals surface area contributed by atoms with Crippen LogP contribution in [0.5, 0.6) is 0 Å². The fourth-order valence-corrected chi connectivity index (χ4v) is 3.97. The van der Waals surface area contributed by atoms with Gasteiger partial charge in [0.2, 0.25) is 5.91 Å². The van der Waals surface area contributed by atoms with Crippen LogP contribution in [0.2, 0.25) is 0 Å². The van der Waals surface area contributed by atoms with Crippen molar-refractivity contribution in [2.75, 3.05) is 18.4 Å². The van der Waals surface area contributed by atoms with Crippen LogP contribution >= 0.6 is 11.3 Å². The minimum atomic E-state index is -0.202. The number of aromatic nitrogens is 2. The van der Waals surface area contributed by atoms with Crippen LogP contribution in [0.1, 0.15) is 12.0 Å². The van der Waals surface area contributed by atoms with E-state index in [0.717, 1.165) is 22.9 Å². The maximum absolute atomic E-state index is 12.3. The van der Waals surface area contributed by atoms with Crippen LogP contribution in [0.4, 0.5) is 5.82 Å². The molecule has 1 amide bonds. The number of amides is 1. The third-order valence-electron chi connectivity index (χ3n) is 4.81. The Morgan fingerprint density at radius 1 is 1.00 bits per heavy atom. The van der Waals surface area contributed by atoms with E-state index in [-0.39, 0.29) is 11.5 Å². The number of fused-ring (bicyclic) bond motifs is 1. The number of rotatable bonds is 8. The van der Waals surface area contributed by atoms with Gasteiger partial charge in [0.25, 0.3) is 5.56 Å². The SMILES string of the molecule is O=C(Cc1cccc(-c2ccsc2)c1)NCCCNc1n[nH]c(=O)c2ccccc12. The molecule has 0 spiro atoms. The highest BCUT2D eigenvalue weighted by molar-refractivity contribution is 7.08. The Balaban J connectivity index is 1.25. The molecule has 6 nitrogen and oxygen atoms in total. The van der Waals surface area contributed by atoms with Gasteiger partial charge in [-0.1, -0.05) is 42.5 Å². The maximum atomic E-state index is 12.3. The van der Waals surface area contributed by atoms with Gasteiger partial charge in [-0.3, -0.25) is 9.59 Å². The van der Waals surface area contributed by atoms with E-state index in [1.807, 2.05) is 35.7 Å². The van der Waals surface area contributed by atoms with E-state index in [1.165, 1.54) is 5.56 Å². The van der Waals surface area contributed by atoms with Crippen LogP contribution in [0, 0.1) is 0 Å². The molecule has 3 N–H and O–H groups in total. The van der Waals surface area contributed by atoms with Gasteiger partial charge in [0.1, 0.15) is 0 Å². The van der Waals surface area contributed by atoms with E-state index < -0.39 is 0 Å². The van der Waals surface area contributed by atoms with Gasteiger partial charge in [-0.05, 0) is 46.0 Å². The number of anilines is 1. The molecule has 0 aliphatic carbocycles. The summed E-state index contributed by atoms with van der Waals surface area (Å²) in [5.41, 5.74) is 3.10. The van der Waals surface area contributed by atoms with Gasteiger partial charge in [-0.25, -0.2) is 5.10 Å². The Hall–Kier alpha value is -3.45. The lowest BCUT2D eigenvalue weighted by Gasteiger charge is -2.09. The number of benzene rings is 2. The van der Waals surface area contributed by atoms with Gasteiger partial charge in [-0.2, -0.15) is 16.4 Å². The van der Waals surface area contributed by atoms with Crippen molar-refractivity contribution >= 4 is 33.8 Å². The van der Waals surface area contributed by atoms with Crippen molar-refractivity contribution in [3.05, 3.63) is 81.3 Å². The normalized spacial score (nSPS) is 10.8. The third-order valence-corrected chi connectivity index (χ3v) is 5.49. The van der Waals surface area contributed by atoms with Crippen LogP contribution in [0.3, 0.4) is 0 Å². The second-order valence-corrected chi connectivity index (χ2v) is 7.75. The van der Waals surface area contributed by atoms with Crippen LogP contribution in [0.25, 0.3) is 21.9 Å². The second kappa shape index (κ2) is 9.37. The summed E-state index contributed by atoms with van der Waals surface area (Å²) in [5, 5.41) is 18.3. The molecule has 152 valence electrons. The number of hydrogen-bond acceptors (Lipinski definition) is 5. The highest BCUT2D eigenvalue weighted by Crippen LogP contribution is 2.23. The van der Waals surface area contributed by atoms with E-state index in [0.29, 0.717) is 30.7 Å². The molecule has 30 heavy (non-hydrogen) atoms. The summed E-state index contributed by atoms with van der Waals surface area (Å²) in [5.74, 6) is 0.645. The Labute approximate surface area is 178 Å². The quantitative estimate of drug-likeness (QED) is 0.380. The molecule has 0 aliphatic rings. The van der Waals surface area contributed by atoms with Crippen LogP contribution in [-0.2, 0) is 11.2 Å². The van der Waals surface area contributed by atoms with Gasteiger partial charge in [0.05, 0.1) is 11.8 Å².